The predicted molar refractivity (Wildman–Crippen MR) is 138 cm³/mol. The molecule has 0 spiro atoms. The molecule has 3 aliphatic rings. The molecule has 0 radical (unpaired) electrons. The average Bonchev–Trinajstić information content (AvgIpc) is 2.82. The van der Waals surface area contributed by atoms with Gasteiger partial charge in [-0.15, -0.1) is 0 Å². The zero-order valence-corrected chi connectivity index (χ0v) is 22.2. The molecule has 2 saturated carbocycles. The quantitative estimate of drug-likeness (QED) is 0.281. The second kappa shape index (κ2) is 9.09. The van der Waals surface area contributed by atoms with Crippen LogP contribution in [0.15, 0.2) is 12.1 Å². The fourth-order valence-electron chi connectivity index (χ4n) is 6.63. The highest BCUT2D eigenvalue weighted by Crippen LogP contribution is 2.56. The molecule has 204 valence electrons. The van der Waals surface area contributed by atoms with Gasteiger partial charge in [-0.05, 0) is 51.1 Å². The third-order valence-corrected chi connectivity index (χ3v) is 8.54. The minimum Gasteiger partial charge on any atom is -0.507 e. The third-order valence-electron chi connectivity index (χ3n) is 8.54. The third kappa shape index (κ3) is 3.58. The van der Waals surface area contributed by atoms with Gasteiger partial charge in [-0.2, -0.15) is 5.26 Å². The average molecular weight is 534 g/mol. The minimum atomic E-state index is -2.76. The Labute approximate surface area is 225 Å². The maximum absolute atomic E-state index is 14.3. The van der Waals surface area contributed by atoms with E-state index < -0.39 is 75.6 Å². The van der Waals surface area contributed by atoms with E-state index in [1.807, 2.05) is 13.8 Å². The van der Waals surface area contributed by atoms with Gasteiger partial charge >= 0.3 is 0 Å². The monoisotopic (exact) mass is 533 g/mol. The summed E-state index contributed by atoms with van der Waals surface area (Å²) in [6.45, 7) is 3.91. The fourth-order valence-corrected chi connectivity index (χ4v) is 6.63. The van der Waals surface area contributed by atoms with Crippen molar-refractivity contribution >= 4 is 29.0 Å². The van der Waals surface area contributed by atoms with Gasteiger partial charge in [-0.25, -0.2) is 0 Å². The van der Waals surface area contributed by atoms with E-state index in [0.717, 1.165) is 6.42 Å². The highest BCUT2D eigenvalue weighted by molar-refractivity contribution is 6.33. The number of ketones is 4. The van der Waals surface area contributed by atoms with E-state index in [2.05, 4.69) is 11.8 Å². The van der Waals surface area contributed by atoms with E-state index in [1.54, 1.807) is 12.1 Å². The van der Waals surface area contributed by atoms with Crippen molar-refractivity contribution in [2.24, 2.45) is 40.4 Å². The SMILES string of the molecule is CCC(C)C#Cc1ccc(O)c2c1C[C@@]1(N)C[C@@]3(N)[C@H](N(C)C)C(=O)C(C(N)=O)C(=O)[C@@]3(C#N)C(=O)C1C2=O. The highest BCUT2D eigenvalue weighted by Gasteiger charge is 2.78. The fraction of sp³-hybridized carbons (Fsp3) is 0.500. The van der Waals surface area contributed by atoms with Crippen LogP contribution in [0.4, 0.5) is 0 Å². The molecule has 0 heterocycles. The largest absolute Gasteiger partial charge is 0.507 e. The Morgan fingerprint density at radius 3 is 2.38 bits per heavy atom. The standard InChI is InChI=1S/C28H31N5O6/c1-5-13(2)6-7-14-8-9-16(34)17-15(14)10-26(31)11-28(32)22(33(3)4)21(36)18(25(30)39)23(37)27(28,12-29)24(38)19(26)20(17)35/h8-9,13,18-19,22,34H,5,10-11,31-32H2,1-4H3,(H2,30,39)/t13?,18?,19?,22-,26-,27+,28-/m1/s1. The van der Waals surface area contributed by atoms with Gasteiger partial charge in [0.15, 0.2) is 34.5 Å². The summed E-state index contributed by atoms with van der Waals surface area (Å²) in [5.41, 5.74) is 12.9. The van der Waals surface area contributed by atoms with Gasteiger partial charge in [0.1, 0.15) is 11.7 Å². The van der Waals surface area contributed by atoms with Gasteiger partial charge in [0.25, 0.3) is 0 Å². The number of benzene rings is 1. The zero-order valence-electron chi connectivity index (χ0n) is 22.2. The normalized spacial score (nSPS) is 34.3. The topological polar surface area (TPSA) is 211 Å². The van der Waals surface area contributed by atoms with Gasteiger partial charge in [-0.3, -0.25) is 28.9 Å². The summed E-state index contributed by atoms with van der Waals surface area (Å²) in [5.74, 6) is -3.81. The zero-order chi connectivity index (χ0) is 29.2. The molecule has 39 heavy (non-hydrogen) atoms. The number of amides is 1. The van der Waals surface area contributed by atoms with Crippen molar-refractivity contribution in [3.05, 3.63) is 28.8 Å². The number of nitriles is 1. The lowest BCUT2D eigenvalue weighted by Gasteiger charge is -2.60. The number of rotatable bonds is 3. The number of hydrogen-bond acceptors (Lipinski definition) is 10. The van der Waals surface area contributed by atoms with E-state index in [9.17, 15) is 34.3 Å². The van der Waals surface area contributed by atoms with E-state index in [0.29, 0.717) is 11.1 Å². The molecule has 0 aromatic heterocycles. The van der Waals surface area contributed by atoms with Gasteiger partial charge in [0.2, 0.25) is 5.91 Å². The second-order valence-electron chi connectivity index (χ2n) is 11.2. The van der Waals surface area contributed by atoms with Gasteiger partial charge in [0, 0.05) is 17.0 Å². The molecule has 1 aromatic rings. The number of likely N-dealkylation sites (N-methyl/N-ethyl adjacent to an activating group) is 1. The number of nitrogens with two attached hydrogens (primary N) is 3. The van der Waals surface area contributed by atoms with Crippen LogP contribution >= 0.6 is 0 Å². The lowest BCUT2D eigenvalue weighted by molar-refractivity contribution is -0.166. The molecule has 0 saturated heterocycles. The number of Topliss-reactive ketones (excluding diaryl/α,β-unsaturated/α-hetero) is 4. The van der Waals surface area contributed by atoms with Crippen molar-refractivity contribution in [2.45, 2.75) is 50.2 Å². The maximum atomic E-state index is 14.3. The second-order valence-corrected chi connectivity index (χ2v) is 11.2. The first kappa shape index (κ1) is 28.1. The lowest BCUT2D eigenvalue weighted by Crippen LogP contribution is -2.85. The summed E-state index contributed by atoms with van der Waals surface area (Å²) in [7, 11) is 2.91. The van der Waals surface area contributed by atoms with E-state index >= 15 is 0 Å². The Morgan fingerprint density at radius 2 is 1.85 bits per heavy atom. The number of aromatic hydroxyl groups is 1. The van der Waals surface area contributed by atoms with Crippen molar-refractivity contribution in [1.82, 2.24) is 4.90 Å². The van der Waals surface area contributed by atoms with Crippen molar-refractivity contribution in [2.75, 3.05) is 14.1 Å². The van der Waals surface area contributed by atoms with Crippen LogP contribution in [-0.4, -0.2) is 70.3 Å². The van der Waals surface area contributed by atoms with Gasteiger partial charge in [-0.1, -0.05) is 25.7 Å². The summed E-state index contributed by atoms with van der Waals surface area (Å²) in [5, 5.41) is 21.1. The number of hydrogen-bond donors (Lipinski definition) is 4. The first-order chi connectivity index (χ1) is 18.1. The molecule has 2 fully saturated rings. The van der Waals surface area contributed by atoms with Gasteiger partial charge in [0.05, 0.1) is 23.2 Å². The Balaban J connectivity index is 2.00. The first-order valence-electron chi connectivity index (χ1n) is 12.6. The number of carbonyl (C=O) groups excluding carboxylic acids is 5. The molecule has 0 aliphatic heterocycles. The number of nitrogens with zero attached hydrogens (tertiary/aromatic N) is 2. The summed E-state index contributed by atoms with van der Waals surface area (Å²) < 4.78 is 0. The lowest BCUT2D eigenvalue weighted by atomic mass is 9.42. The molecule has 1 aromatic carbocycles. The molecule has 11 heteroatoms. The highest BCUT2D eigenvalue weighted by atomic mass is 16.3. The van der Waals surface area contributed by atoms with Crippen LogP contribution in [0.1, 0.15) is 48.2 Å². The van der Waals surface area contributed by atoms with Crippen molar-refractivity contribution in [1.29, 1.82) is 5.26 Å². The molecule has 7 atom stereocenters. The van der Waals surface area contributed by atoms with E-state index in [1.165, 1.54) is 25.1 Å². The van der Waals surface area contributed by atoms with Crippen LogP contribution in [0.3, 0.4) is 0 Å². The number of fused-ring (bicyclic) bond motifs is 3. The van der Waals surface area contributed by atoms with E-state index in [4.69, 9.17) is 17.2 Å². The first-order valence-corrected chi connectivity index (χ1v) is 12.6. The Morgan fingerprint density at radius 1 is 1.21 bits per heavy atom. The molecule has 11 nitrogen and oxygen atoms in total. The molecule has 3 aliphatic carbocycles. The molecule has 3 unspecified atom stereocenters. The van der Waals surface area contributed by atoms with Crippen LogP contribution in [0.2, 0.25) is 0 Å². The van der Waals surface area contributed by atoms with Crippen molar-refractivity contribution < 1.29 is 29.1 Å². The number of phenols is 1. The molecule has 1 amide bonds. The number of primary amides is 1. The van der Waals surface area contributed by atoms with Crippen LogP contribution in [0.5, 0.6) is 5.75 Å². The molecular formula is C28H31N5O6. The summed E-state index contributed by atoms with van der Waals surface area (Å²) in [6.07, 6.45) is 0.177. The summed E-state index contributed by atoms with van der Waals surface area (Å²) in [6, 6.07) is 3.08. The maximum Gasteiger partial charge on any atom is 0.235 e. The predicted octanol–water partition coefficient (Wildman–Crippen LogP) is -0.794. The number of carbonyl (C=O) groups is 5. The molecule has 4 rings (SSSR count). The van der Waals surface area contributed by atoms with Crippen molar-refractivity contribution in [3.8, 4) is 23.7 Å². The van der Waals surface area contributed by atoms with E-state index in [-0.39, 0.29) is 17.9 Å². The minimum absolute atomic E-state index is 0.0476. The van der Waals surface area contributed by atoms with Crippen LogP contribution in [-0.2, 0) is 25.6 Å². The van der Waals surface area contributed by atoms with Gasteiger partial charge < -0.3 is 22.3 Å². The summed E-state index contributed by atoms with van der Waals surface area (Å²) in [4.78, 5) is 68.9. The van der Waals surface area contributed by atoms with Crippen LogP contribution in [0.25, 0.3) is 0 Å². The Hall–Kier alpha value is -3.90. The number of phenolic OH excluding ortho intramolecular Hbond substituents is 1. The Kier molecular flexibility index (Phi) is 6.56. The molecule has 7 N–H and O–H groups in total. The molecular weight excluding hydrogens is 502 g/mol. The van der Waals surface area contributed by atoms with Crippen LogP contribution < -0.4 is 17.2 Å². The Bertz CT molecular complexity index is 1450. The van der Waals surface area contributed by atoms with Crippen molar-refractivity contribution in [3.63, 3.8) is 0 Å². The summed E-state index contributed by atoms with van der Waals surface area (Å²) >= 11 is 0. The smallest absolute Gasteiger partial charge is 0.235 e. The molecule has 0 bridgehead atoms. The van der Waals surface area contributed by atoms with Crippen LogP contribution in [0, 0.1) is 46.3 Å².